The molecule has 30 heavy (non-hydrogen) atoms. The predicted octanol–water partition coefficient (Wildman–Crippen LogP) is 5.78. The number of carbonyl (C=O) groups excluding carboxylic acids is 1. The van der Waals surface area contributed by atoms with Gasteiger partial charge in [-0.3, -0.25) is 9.69 Å². The van der Waals surface area contributed by atoms with Gasteiger partial charge in [-0.2, -0.15) is 11.3 Å². The molecule has 1 fully saturated rings. The zero-order valence-corrected chi connectivity index (χ0v) is 18.6. The fourth-order valence-corrected chi connectivity index (χ4v) is 4.83. The van der Waals surface area contributed by atoms with Gasteiger partial charge < -0.3 is 5.32 Å². The van der Waals surface area contributed by atoms with Crippen LogP contribution in [0.4, 0.5) is 0 Å². The van der Waals surface area contributed by atoms with E-state index < -0.39 is 0 Å². The molecule has 2 heterocycles. The third-order valence-electron chi connectivity index (χ3n) is 5.74. The lowest BCUT2D eigenvalue weighted by atomic mass is 9.99. The standard InChI is InChI=1S/C25H27ClN2OS/c26-23-10-6-19(7-11-23)12-14-27-25(29)24-3-1-2-15-28(24)17-20-4-8-21(9-5-20)22-13-16-30-18-22/h4-11,13,16,18,24H,1-3,12,14-15,17H2,(H,27,29). The Morgan fingerprint density at radius 3 is 2.50 bits per heavy atom. The van der Waals surface area contributed by atoms with E-state index in [1.165, 1.54) is 22.3 Å². The molecule has 3 aromatic rings. The maximum Gasteiger partial charge on any atom is 0.237 e. The summed E-state index contributed by atoms with van der Waals surface area (Å²) >= 11 is 7.66. The topological polar surface area (TPSA) is 32.3 Å². The molecule has 1 aromatic heterocycles. The van der Waals surface area contributed by atoms with Crippen LogP contribution in [-0.4, -0.2) is 29.9 Å². The zero-order valence-electron chi connectivity index (χ0n) is 17.0. The highest BCUT2D eigenvalue weighted by molar-refractivity contribution is 7.08. The first-order valence-corrected chi connectivity index (χ1v) is 11.9. The number of thiophene rings is 1. The highest BCUT2D eigenvalue weighted by atomic mass is 35.5. The molecular formula is C25H27ClN2OS. The molecule has 0 spiro atoms. The van der Waals surface area contributed by atoms with Gasteiger partial charge in [-0.15, -0.1) is 0 Å². The molecule has 3 nitrogen and oxygen atoms in total. The van der Waals surface area contributed by atoms with Crippen LogP contribution in [0.5, 0.6) is 0 Å². The van der Waals surface area contributed by atoms with Crippen LogP contribution >= 0.6 is 22.9 Å². The highest BCUT2D eigenvalue weighted by Crippen LogP contribution is 2.24. The van der Waals surface area contributed by atoms with E-state index >= 15 is 0 Å². The monoisotopic (exact) mass is 438 g/mol. The van der Waals surface area contributed by atoms with E-state index in [0.717, 1.165) is 43.8 Å². The Bertz CT molecular complexity index is 938. The lowest BCUT2D eigenvalue weighted by Crippen LogP contribution is -2.49. The number of nitrogens with one attached hydrogen (secondary N) is 1. The van der Waals surface area contributed by atoms with Gasteiger partial charge in [0.2, 0.25) is 5.91 Å². The molecule has 1 aliphatic heterocycles. The van der Waals surface area contributed by atoms with Crippen molar-refractivity contribution in [3.05, 3.63) is 81.5 Å². The van der Waals surface area contributed by atoms with Crippen LogP contribution in [0.1, 0.15) is 30.4 Å². The van der Waals surface area contributed by atoms with Gasteiger partial charge in [0.15, 0.2) is 0 Å². The summed E-state index contributed by atoms with van der Waals surface area (Å²) in [4.78, 5) is 15.2. The van der Waals surface area contributed by atoms with Crippen molar-refractivity contribution >= 4 is 28.8 Å². The summed E-state index contributed by atoms with van der Waals surface area (Å²) in [5, 5.41) is 8.16. The van der Waals surface area contributed by atoms with Gasteiger partial charge in [-0.25, -0.2) is 0 Å². The summed E-state index contributed by atoms with van der Waals surface area (Å²) < 4.78 is 0. The highest BCUT2D eigenvalue weighted by Gasteiger charge is 2.28. The maximum absolute atomic E-state index is 12.9. The predicted molar refractivity (Wildman–Crippen MR) is 126 cm³/mol. The number of amides is 1. The molecule has 0 aliphatic carbocycles. The van der Waals surface area contributed by atoms with Gasteiger partial charge >= 0.3 is 0 Å². The van der Waals surface area contributed by atoms with Crippen molar-refractivity contribution < 1.29 is 4.79 Å². The summed E-state index contributed by atoms with van der Waals surface area (Å²) in [6.45, 7) is 2.45. The zero-order chi connectivity index (χ0) is 20.8. The van der Waals surface area contributed by atoms with Crippen molar-refractivity contribution in [3.8, 4) is 11.1 Å². The first-order chi connectivity index (χ1) is 14.7. The number of carbonyl (C=O) groups is 1. The van der Waals surface area contributed by atoms with E-state index in [0.29, 0.717) is 6.54 Å². The Hall–Kier alpha value is -2.14. The third kappa shape index (κ3) is 5.51. The Morgan fingerprint density at radius 1 is 1.00 bits per heavy atom. The number of hydrogen-bond acceptors (Lipinski definition) is 3. The minimum absolute atomic E-state index is 0.0412. The minimum atomic E-state index is -0.0412. The molecule has 1 unspecified atom stereocenters. The second kappa shape index (κ2) is 10.3. The van der Waals surface area contributed by atoms with Crippen LogP contribution in [0.15, 0.2) is 65.4 Å². The molecular weight excluding hydrogens is 412 g/mol. The molecule has 4 rings (SSSR count). The number of benzene rings is 2. The van der Waals surface area contributed by atoms with Crippen molar-refractivity contribution in [1.82, 2.24) is 10.2 Å². The van der Waals surface area contributed by atoms with Gasteiger partial charge in [0.1, 0.15) is 0 Å². The molecule has 1 amide bonds. The van der Waals surface area contributed by atoms with Crippen LogP contribution in [0.25, 0.3) is 11.1 Å². The largest absolute Gasteiger partial charge is 0.354 e. The maximum atomic E-state index is 12.9. The summed E-state index contributed by atoms with van der Waals surface area (Å²) in [6, 6.07) is 18.7. The van der Waals surface area contributed by atoms with Crippen molar-refractivity contribution in [2.45, 2.75) is 38.3 Å². The molecule has 5 heteroatoms. The molecule has 1 N–H and O–H groups in total. The number of rotatable bonds is 7. The van der Waals surface area contributed by atoms with E-state index in [1.807, 2.05) is 24.3 Å². The second-order valence-electron chi connectivity index (χ2n) is 7.86. The van der Waals surface area contributed by atoms with E-state index in [2.05, 4.69) is 51.3 Å². The van der Waals surface area contributed by atoms with Crippen molar-refractivity contribution in [2.24, 2.45) is 0 Å². The van der Waals surface area contributed by atoms with Crippen molar-refractivity contribution in [2.75, 3.05) is 13.1 Å². The molecule has 0 bridgehead atoms. The SMILES string of the molecule is O=C(NCCc1ccc(Cl)cc1)C1CCCCN1Cc1ccc(-c2ccsc2)cc1. The summed E-state index contributed by atoms with van der Waals surface area (Å²) in [6.07, 6.45) is 4.02. The fourth-order valence-electron chi connectivity index (χ4n) is 4.04. The lowest BCUT2D eigenvalue weighted by molar-refractivity contribution is -0.127. The van der Waals surface area contributed by atoms with Crippen molar-refractivity contribution in [3.63, 3.8) is 0 Å². The number of likely N-dealkylation sites (tertiary alicyclic amines) is 1. The Morgan fingerprint density at radius 2 is 1.77 bits per heavy atom. The number of nitrogens with zero attached hydrogens (tertiary/aromatic N) is 1. The number of piperidine rings is 1. The van der Waals surface area contributed by atoms with Gasteiger partial charge in [0.05, 0.1) is 6.04 Å². The van der Waals surface area contributed by atoms with E-state index in [1.54, 1.807) is 11.3 Å². The fraction of sp³-hybridized carbons (Fsp3) is 0.320. The first-order valence-electron chi connectivity index (χ1n) is 10.6. The molecule has 1 saturated heterocycles. The normalized spacial score (nSPS) is 17.0. The van der Waals surface area contributed by atoms with Gasteiger partial charge in [0, 0.05) is 18.1 Å². The van der Waals surface area contributed by atoms with Crippen LogP contribution in [0.2, 0.25) is 5.02 Å². The lowest BCUT2D eigenvalue weighted by Gasteiger charge is -2.34. The Kier molecular flexibility index (Phi) is 7.21. The quantitative estimate of drug-likeness (QED) is 0.507. The summed E-state index contributed by atoms with van der Waals surface area (Å²) in [7, 11) is 0. The third-order valence-corrected chi connectivity index (χ3v) is 6.67. The Balaban J connectivity index is 1.32. The first kappa shape index (κ1) is 21.1. The van der Waals surface area contributed by atoms with Crippen LogP contribution in [0.3, 0.4) is 0 Å². The summed E-state index contributed by atoms with van der Waals surface area (Å²) in [5.74, 6) is 0.151. The van der Waals surface area contributed by atoms with Gasteiger partial charge in [-0.1, -0.05) is 54.4 Å². The molecule has 156 valence electrons. The Labute approximate surface area is 187 Å². The van der Waals surface area contributed by atoms with E-state index in [9.17, 15) is 4.79 Å². The molecule has 2 aromatic carbocycles. The average Bonchev–Trinajstić information content (AvgIpc) is 3.31. The minimum Gasteiger partial charge on any atom is -0.354 e. The van der Waals surface area contributed by atoms with Crippen LogP contribution < -0.4 is 5.32 Å². The number of halogens is 1. The van der Waals surface area contributed by atoms with Crippen molar-refractivity contribution in [1.29, 1.82) is 0 Å². The molecule has 1 atom stereocenters. The second-order valence-corrected chi connectivity index (χ2v) is 9.07. The van der Waals surface area contributed by atoms with Gasteiger partial charge in [-0.05, 0) is 77.0 Å². The van der Waals surface area contributed by atoms with Crippen LogP contribution in [-0.2, 0) is 17.8 Å². The number of hydrogen-bond donors (Lipinski definition) is 1. The van der Waals surface area contributed by atoms with Crippen LogP contribution in [0, 0.1) is 0 Å². The molecule has 1 aliphatic rings. The molecule has 0 saturated carbocycles. The average molecular weight is 439 g/mol. The molecule has 0 radical (unpaired) electrons. The summed E-state index contributed by atoms with van der Waals surface area (Å²) in [5.41, 5.74) is 4.96. The van der Waals surface area contributed by atoms with Gasteiger partial charge in [0.25, 0.3) is 0 Å². The smallest absolute Gasteiger partial charge is 0.237 e. The van der Waals surface area contributed by atoms with E-state index in [4.69, 9.17) is 11.6 Å². The van der Waals surface area contributed by atoms with E-state index in [-0.39, 0.29) is 11.9 Å².